The fraction of sp³-hybridized carbons (Fsp3) is 0.529. The highest BCUT2D eigenvalue weighted by Crippen LogP contribution is 2.13. The van der Waals surface area contributed by atoms with Gasteiger partial charge in [-0.2, -0.15) is 0 Å². The summed E-state index contributed by atoms with van der Waals surface area (Å²) in [4.78, 5) is 0. The Hall–Kier alpha value is -0.903. The molecular weight excluding hydrogens is 264 g/mol. The van der Waals surface area contributed by atoms with E-state index in [-0.39, 0.29) is 0 Å². The van der Waals surface area contributed by atoms with Crippen LogP contribution in [0.25, 0.3) is 6.08 Å². The fourth-order valence-electron chi connectivity index (χ4n) is 2.36. The van der Waals surface area contributed by atoms with Crippen LogP contribution in [0.2, 0.25) is 12.1 Å². The molecule has 1 aromatic carbocycles. The van der Waals surface area contributed by atoms with Crippen LogP contribution in [0, 0.1) is 0 Å². The van der Waals surface area contributed by atoms with Gasteiger partial charge >= 0.3 is 0 Å². The Kier molecular flexibility index (Phi) is 9.29. The molecular formula is C17H28O2Si. The molecule has 0 aromatic heterocycles. The third kappa shape index (κ3) is 6.50. The van der Waals surface area contributed by atoms with E-state index in [2.05, 4.69) is 37.8 Å². The molecule has 1 aromatic rings. The maximum atomic E-state index is 6.11. The van der Waals surface area contributed by atoms with Crippen LogP contribution < -0.4 is 0 Å². The summed E-state index contributed by atoms with van der Waals surface area (Å²) in [6, 6.07) is 10.8. The summed E-state index contributed by atoms with van der Waals surface area (Å²) in [6.45, 7) is 7.82. The monoisotopic (exact) mass is 292 g/mol. The molecule has 0 heterocycles. The number of aryl methyl sites for hydroxylation is 1. The van der Waals surface area contributed by atoms with Gasteiger partial charge in [-0.3, -0.25) is 0 Å². The second-order valence-electron chi connectivity index (χ2n) is 5.07. The number of hydrogen-bond donors (Lipinski definition) is 0. The van der Waals surface area contributed by atoms with Crippen molar-refractivity contribution in [3.8, 4) is 0 Å². The van der Waals surface area contributed by atoms with Gasteiger partial charge in [0.2, 0.25) is 0 Å². The van der Waals surface area contributed by atoms with E-state index in [1.54, 1.807) is 7.11 Å². The molecule has 0 saturated heterocycles. The highest BCUT2D eigenvalue weighted by molar-refractivity contribution is 6.51. The average molecular weight is 292 g/mol. The predicted octanol–water partition coefficient (Wildman–Crippen LogP) is 4.06. The van der Waals surface area contributed by atoms with Crippen molar-refractivity contribution in [3.63, 3.8) is 0 Å². The van der Waals surface area contributed by atoms with Crippen molar-refractivity contribution in [3.05, 3.63) is 42.0 Å². The van der Waals surface area contributed by atoms with Gasteiger partial charge < -0.3 is 9.16 Å². The van der Waals surface area contributed by atoms with Crippen LogP contribution in [0.4, 0.5) is 0 Å². The molecule has 0 bridgehead atoms. The van der Waals surface area contributed by atoms with Gasteiger partial charge in [-0.25, -0.2) is 0 Å². The molecule has 1 unspecified atom stereocenters. The first-order chi connectivity index (χ1) is 9.81. The minimum absolute atomic E-state index is 0.843. The van der Waals surface area contributed by atoms with Crippen molar-refractivity contribution < 1.29 is 9.16 Å². The second kappa shape index (κ2) is 10.8. The minimum Gasteiger partial charge on any atom is -0.420 e. The summed E-state index contributed by atoms with van der Waals surface area (Å²) in [5.41, 5.74) is 2.62. The third-order valence-corrected chi connectivity index (χ3v) is 6.28. The van der Waals surface area contributed by atoms with Crippen LogP contribution in [0.5, 0.6) is 0 Å². The zero-order valence-corrected chi connectivity index (χ0v) is 14.1. The van der Waals surface area contributed by atoms with Crippen molar-refractivity contribution in [1.29, 1.82) is 0 Å². The Bertz CT molecular complexity index is 379. The molecule has 112 valence electrons. The fourth-order valence-corrected chi connectivity index (χ4v) is 4.62. The number of hydrogen-bond acceptors (Lipinski definition) is 2. The van der Waals surface area contributed by atoms with Crippen LogP contribution in [0.1, 0.15) is 30.9 Å². The molecule has 0 aliphatic heterocycles. The molecule has 0 saturated carbocycles. The smallest absolute Gasteiger partial charge is 0.179 e. The number of methoxy groups -OCH3 is 1. The van der Waals surface area contributed by atoms with Crippen molar-refractivity contribution in [2.24, 2.45) is 0 Å². The van der Waals surface area contributed by atoms with Gasteiger partial charge in [0.1, 0.15) is 0 Å². The average Bonchev–Trinajstić information content (AvgIpc) is 2.49. The maximum Gasteiger partial charge on any atom is 0.179 e. The van der Waals surface area contributed by atoms with Gasteiger partial charge in [-0.05, 0) is 36.1 Å². The summed E-state index contributed by atoms with van der Waals surface area (Å²) in [5, 5.41) is 0. The third-order valence-electron chi connectivity index (χ3n) is 3.47. The zero-order valence-electron chi connectivity index (χ0n) is 12.9. The van der Waals surface area contributed by atoms with E-state index >= 15 is 0 Å². The Morgan fingerprint density at radius 1 is 1.20 bits per heavy atom. The van der Waals surface area contributed by atoms with Gasteiger partial charge in [0.25, 0.3) is 0 Å². The molecule has 0 aliphatic carbocycles. The van der Waals surface area contributed by atoms with Crippen LogP contribution in [0.15, 0.2) is 30.8 Å². The molecule has 0 amide bonds. The Labute approximate surface area is 125 Å². The summed E-state index contributed by atoms with van der Waals surface area (Å²) < 4.78 is 11.3. The van der Waals surface area contributed by atoms with Crippen molar-refractivity contribution in [2.45, 2.75) is 38.3 Å². The van der Waals surface area contributed by atoms with Crippen LogP contribution >= 0.6 is 0 Å². The lowest BCUT2D eigenvalue weighted by molar-refractivity contribution is 0.208. The van der Waals surface area contributed by atoms with Crippen molar-refractivity contribution in [2.75, 3.05) is 20.3 Å². The van der Waals surface area contributed by atoms with Crippen LogP contribution in [-0.4, -0.2) is 29.4 Å². The van der Waals surface area contributed by atoms with Gasteiger partial charge in [0, 0.05) is 20.3 Å². The van der Waals surface area contributed by atoms with E-state index in [0.717, 1.165) is 32.1 Å². The normalized spacial score (nSPS) is 12.3. The van der Waals surface area contributed by atoms with Crippen molar-refractivity contribution >= 4 is 15.1 Å². The molecule has 0 radical (unpaired) electrons. The summed E-state index contributed by atoms with van der Waals surface area (Å²) >= 11 is 0. The van der Waals surface area contributed by atoms with Gasteiger partial charge in [-0.15, -0.1) is 0 Å². The lowest BCUT2D eigenvalue weighted by atomic mass is 10.0. The number of rotatable bonds is 11. The van der Waals surface area contributed by atoms with E-state index in [1.807, 2.05) is 6.08 Å². The zero-order chi connectivity index (χ0) is 14.6. The van der Waals surface area contributed by atoms with E-state index in [9.17, 15) is 0 Å². The second-order valence-corrected chi connectivity index (χ2v) is 7.80. The SMILES string of the molecule is C=Cc1ccccc1CCCO[SiH](CCC)CCOC. The molecule has 2 nitrogen and oxygen atoms in total. The van der Waals surface area contributed by atoms with Gasteiger partial charge in [0.05, 0.1) is 0 Å². The summed E-state index contributed by atoms with van der Waals surface area (Å²) in [5.74, 6) is 0. The molecule has 0 fully saturated rings. The Balaban J connectivity index is 2.30. The first-order valence-corrected chi connectivity index (χ1v) is 9.73. The quantitative estimate of drug-likeness (QED) is 0.452. The lowest BCUT2D eigenvalue weighted by Gasteiger charge is -2.15. The first-order valence-electron chi connectivity index (χ1n) is 7.62. The van der Waals surface area contributed by atoms with Gasteiger partial charge in [-0.1, -0.05) is 50.3 Å². The van der Waals surface area contributed by atoms with E-state index < -0.39 is 9.04 Å². The molecule has 20 heavy (non-hydrogen) atoms. The highest BCUT2D eigenvalue weighted by Gasteiger charge is 2.10. The molecule has 3 heteroatoms. The lowest BCUT2D eigenvalue weighted by Crippen LogP contribution is -2.20. The standard InChI is InChI=1S/C17H28O2Si/c1-4-14-20(15-13-18-3)19-12-8-11-17-10-7-6-9-16(17)5-2/h5-7,9-10,20H,2,4,8,11-15H2,1,3H3. The predicted molar refractivity (Wildman–Crippen MR) is 89.7 cm³/mol. The van der Waals surface area contributed by atoms with Crippen molar-refractivity contribution in [1.82, 2.24) is 0 Å². The molecule has 0 N–H and O–H groups in total. The van der Waals surface area contributed by atoms with Gasteiger partial charge in [0.15, 0.2) is 9.04 Å². The summed E-state index contributed by atoms with van der Waals surface area (Å²) in [6.07, 6.45) is 5.31. The van der Waals surface area contributed by atoms with Crippen LogP contribution in [0.3, 0.4) is 0 Å². The Morgan fingerprint density at radius 3 is 2.70 bits per heavy atom. The highest BCUT2D eigenvalue weighted by atomic mass is 28.3. The topological polar surface area (TPSA) is 18.5 Å². The Morgan fingerprint density at radius 2 is 2.00 bits per heavy atom. The molecule has 1 atom stereocenters. The number of benzene rings is 1. The largest absolute Gasteiger partial charge is 0.420 e. The van der Waals surface area contributed by atoms with E-state index in [0.29, 0.717) is 0 Å². The van der Waals surface area contributed by atoms with Crippen LogP contribution in [-0.2, 0) is 15.6 Å². The maximum absolute atomic E-state index is 6.11. The molecule has 1 rings (SSSR count). The van der Waals surface area contributed by atoms with E-state index in [4.69, 9.17) is 9.16 Å². The van der Waals surface area contributed by atoms with E-state index in [1.165, 1.54) is 23.6 Å². The first kappa shape index (κ1) is 17.1. The number of ether oxygens (including phenoxy) is 1. The molecule has 0 spiro atoms. The summed E-state index contributed by atoms with van der Waals surface area (Å²) in [7, 11) is 0.726. The molecule has 0 aliphatic rings. The minimum atomic E-state index is -1.04.